The van der Waals surface area contributed by atoms with Crippen LogP contribution in [0.1, 0.15) is 26.3 Å². The normalized spacial score (nSPS) is 11.3. The maximum atomic E-state index is 12.0. The van der Waals surface area contributed by atoms with Crippen LogP contribution < -0.4 is 10.6 Å². The van der Waals surface area contributed by atoms with E-state index in [9.17, 15) is 4.79 Å². The van der Waals surface area contributed by atoms with E-state index in [-0.39, 0.29) is 5.91 Å². The molecule has 0 aliphatic heterocycles. The summed E-state index contributed by atoms with van der Waals surface area (Å²) in [6.45, 7) is 7.06. The average molecular weight is 299 g/mol. The molecule has 0 radical (unpaired) electrons. The van der Waals surface area contributed by atoms with E-state index in [0.717, 1.165) is 16.6 Å². The van der Waals surface area contributed by atoms with Gasteiger partial charge in [-0.3, -0.25) is 4.79 Å². The number of carbonyl (C=O) groups is 1. The van der Waals surface area contributed by atoms with Crippen LogP contribution >= 0.6 is 15.9 Å². The van der Waals surface area contributed by atoms with Crippen LogP contribution in [0.4, 0.5) is 0 Å². The van der Waals surface area contributed by atoms with Crippen LogP contribution in [-0.2, 0) is 11.3 Å². The number of halogens is 1. The van der Waals surface area contributed by atoms with Crippen molar-refractivity contribution >= 4 is 21.8 Å². The maximum Gasteiger partial charge on any atom is 0.239 e. The minimum atomic E-state index is -0.532. The van der Waals surface area contributed by atoms with E-state index in [1.807, 2.05) is 45.0 Å². The Morgan fingerprint density at radius 3 is 2.59 bits per heavy atom. The largest absolute Gasteiger partial charge is 0.350 e. The standard InChI is InChI=1S/C13H19BrN2O/c1-4-16-13(2,3)12(17)15-9-10-7-5-6-8-11(10)14/h5-8,16H,4,9H2,1-3H3,(H,15,17). The summed E-state index contributed by atoms with van der Waals surface area (Å²) in [7, 11) is 0. The summed E-state index contributed by atoms with van der Waals surface area (Å²) in [5.41, 5.74) is 0.545. The predicted molar refractivity (Wildman–Crippen MR) is 73.7 cm³/mol. The van der Waals surface area contributed by atoms with Crippen LogP contribution in [0.2, 0.25) is 0 Å². The van der Waals surface area contributed by atoms with Crippen LogP contribution in [0, 0.1) is 0 Å². The molecule has 1 aromatic carbocycles. The highest BCUT2D eigenvalue weighted by Crippen LogP contribution is 2.15. The molecule has 0 saturated carbocycles. The molecule has 0 saturated heterocycles. The molecule has 2 N–H and O–H groups in total. The zero-order valence-electron chi connectivity index (χ0n) is 10.5. The number of amides is 1. The number of nitrogens with one attached hydrogen (secondary N) is 2. The molecule has 0 aliphatic rings. The molecule has 0 atom stereocenters. The molecule has 1 aromatic rings. The summed E-state index contributed by atoms with van der Waals surface area (Å²) < 4.78 is 1.02. The maximum absolute atomic E-state index is 12.0. The predicted octanol–water partition coefficient (Wildman–Crippen LogP) is 2.45. The Morgan fingerprint density at radius 2 is 2.00 bits per heavy atom. The lowest BCUT2D eigenvalue weighted by atomic mass is 10.0. The second kappa shape index (κ2) is 6.17. The van der Waals surface area contributed by atoms with Crippen molar-refractivity contribution in [1.82, 2.24) is 10.6 Å². The van der Waals surface area contributed by atoms with Gasteiger partial charge in [-0.15, -0.1) is 0 Å². The minimum absolute atomic E-state index is 0.00935. The summed E-state index contributed by atoms with van der Waals surface area (Å²) in [5, 5.41) is 6.08. The van der Waals surface area contributed by atoms with Crippen molar-refractivity contribution in [2.75, 3.05) is 6.54 Å². The van der Waals surface area contributed by atoms with Gasteiger partial charge in [-0.05, 0) is 32.0 Å². The number of rotatable bonds is 5. The smallest absolute Gasteiger partial charge is 0.239 e. The first-order chi connectivity index (χ1) is 7.97. The summed E-state index contributed by atoms with van der Waals surface area (Å²) in [6, 6.07) is 7.88. The first-order valence-corrected chi connectivity index (χ1v) is 6.53. The van der Waals surface area contributed by atoms with Gasteiger partial charge in [0.25, 0.3) is 0 Å². The van der Waals surface area contributed by atoms with Gasteiger partial charge in [0.05, 0.1) is 5.54 Å². The zero-order valence-corrected chi connectivity index (χ0v) is 12.1. The van der Waals surface area contributed by atoms with E-state index >= 15 is 0 Å². The summed E-state index contributed by atoms with van der Waals surface area (Å²) in [6.07, 6.45) is 0. The second-order valence-electron chi connectivity index (χ2n) is 4.43. The van der Waals surface area contributed by atoms with E-state index in [2.05, 4.69) is 26.6 Å². The number of hydrogen-bond donors (Lipinski definition) is 2. The van der Waals surface area contributed by atoms with Crippen LogP contribution in [0.15, 0.2) is 28.7 Å². The molecule has 0 aromatic heterocycles. The van der Waals surface area contributed by atoms with Crippen molar-refractivity contribution in [3.63, 3.8) is 0 Å². The second-order valence-corrected chi connectivity index (χ2v) is 5.28. The van der Waals surface area contributed by atoms with E-state index in [0.29, 0.717) is 6.54 Å². The summed E-state index contributed by atoms with van der Waals surface area (Å²) >= 11 is 3.46. The van der Waals surface area contributed by atoms with E-state index in [4.69, 9.17) is 0 Å². The first kappa shape index (κ1) is 14.2. The lowest BCUT2D eigenvalue weighted by molar-refractivity contribution is -0.126. The molecule has 0 bridgehead atoms. The number of likely N-dealkylation sites (N-methyl/N-ethyl adjacent to an activating group) is 1. The molecule has 0 fully saturated rings. The van der Waals surface area contributed by atoms with Gasteiger partial charge < -0.3 is 10.6 Å². The third-order valence-electron chi connectivity index (χ3n) is 2.58. The molecular formula is C13H19BrN2O. The van der Waals surface area contributed by atoms with Gasteiger partial charge in [0.15, 0.2) is 0 Å². The van der Waals surface area contributed by atoms with Gasteiger partial charge in [-0.25, -0.2) is 0 Å². The highest BCUT2D eigenvalue weighted by atomic mass is 79.9. The van der Waals surface area contributed by atoms with Gasteiger partial charge in [-0.2, -0.15) is 0 Å². The van der Waals surface area contributed by atoms with E-state index in [1.165, 1.54) is 0 Å². The molecule has 17 heavy (non-hydrogen) atoms. The van der Waals surface area contributed by atoms with Gasteiger partial charge in [0, 0.05) is 11.0 Å². The van der Waals surface area contributed by atoms with Crippen LogP contribution in [0.3, 0.4) is 0 Å². The Bertz CT molecular complexity index is 391. The van der Waals surface area contributed by atoms with Crippen molar-refractivity contribution in [3.8, 4) is 0 Å². The summed E-state index contributed by atoms with van der Waals surface area (Å²) in [4.78, 5) is 12.0. The topological polar surface area (TPSA) is 41.1 Å². The quantitative estimate of drug-likeness (QED) is 0.877. The van der Waals surface area contributed by atoms with Crippen molar-refractivity contribution in [1.29, 1.82) is 0 Å². The Hall–Kier alpha value is -0.870. The van der Waals surface area contributed by atoms with Crippen LogP contribution in [-0.4, -0.2) is 18.0 Å². The Balaban J connectivity index is 2.57. The van der Waals surface area contributed by atoms with E-state index < -0.39 is 5.54 Å². The third kappa shape index (κ3) is 4.13. The molecule has 94 valence electrons. The van der Waals surface area contributed by atoms with Crippen molar-refractivity contribution < 1.29 is 4.79 Å². The Morgan fingerprint density at radius 1 is 1.35 bits per heavy atom. The molecule has 0 aliphatic carbocycles. The van der Waals surface area contributed by atoms with Gasteiger partial charge in [0.2, 0.25) is 5.91 Å². The Kier molecular flexibility index (Phi) is 5.15. The number of carbonyl (C=O) groups excluding carboxylic acids is 1. The highest BCUT2D eigenvalue weighted by Gasteiger charge is 2.25. The minimum Gasteiger partial charge on any atom is -0.350 e. The van der Waals surface area contributed by atoms with Crippen LogP contribution in [0.25, 0.3) is 0 Å². The molecule has 0 spiro atoms. The lowest BCUT2D eigenvalue weighted by Crippen LogP contribution is -2.52. The molecular weight excluding hydrogens is 280 g/mol. The molecule has 3 nitrogen and oxygen atoms in total. The van der Waals surface area contributed by atoms with E-state index in [1.54, 1.807) is 0 Å². The average Bonchev–Trinajstić information content (AvgIpc) is 2.27. The first-order valence-electron chi connectivity index (χ1n) is 5.74. The fraction of sp³-hybridized carbons (Fsp3) is 0.462. The van der Waals surface area contributed by atoms with Gasteiger partial charge >= 0.3 is 0 Å². The molecule has 1 rings (SSSR count). The Labute approximate surface area is 111 Å². The fourth-order valence-corrected chi connectivity index (χ4v) is 1.99. The molecule has 1 amide bonds. The van der Waals surface area contributed by atoms with Crippen molar-refractivity contribution in [3.05, 3.63) is 34.3 Å². The third-order valence-corrected chi connectivity index (χ3v) is 3.36. The molecule has 4 heteroatoms. The monoisotopic (exact) mass is 298 g/mol. The fourth-order valence-electron chi connectivity index (χ4n) is 1.56. The van der Waals surface area contributed by atoms with Gasteiger partial charge in [-0.1, -0.05) is 41.1 Å². The number of benzene rings is 1. The highest BCUT2D eigenvalue weighted by molar-refractivity contribution is 9.10. The molecule has 0 unspecified atom stereocenters. The van der Waals surface area contributed by atoms with Crippen LogP contribution in [0.5, 0.6) is 0 Å². The number of hydrogen-bond acceptors (Lipinski definition) is 2. The summed E-state index contributed by atoms with van der Waals surface area (Å²) in [5.74, 6) is 0.00935. The van der Waals surface area contributed by atoms with Crippen molar-refractivity contribution in [2.24, 2.45) is 0 Å². The van der Waals surface area contributed by atoms with Gasteiger partial charge in [0.1, 0.15) is 0 Å². The lowest BCUT2D eigenvalue weighted by Gasteiger charge is -2.24. The van der Waals surface area contributed by atoms with Crippen molar-refractivity contribution in [2.45, 2.75) is 32.9 Å². The molecule has 0 heterocycles. The SMILES string of the molecule is CCNC(C)(C)C(=O)NCc1ccccc1Br. The zero-order chi connectivity index (χ0) is 12.9.